The predicted molar refractivity (Wildman–Crippen MR) is 13.5 cm³/mol. The average Bonchev–Trinajstić information content (AvgIpc) is 0. The summed E-state index contributed by atoms with van der Waals surface area (Å²) in [5, 5.41) is 0. The molecule has 0 aliphatic heterocycles. The normalized spacial score (nSPS) is 0. The standard InChI is InChI=1S/B.Na.4H2O/h;;4*1H2/q+3;+1;;;;/p-4. The van der Waals surface area contributed by atoms with Crippen LogP contribution in [0.15, 0.2) is 0 Å². The van der Waals surface area contributed by atoms with Crippen molar-refractivity contribution in [2.45, 2.75) is 0 Å². The van der Waals surface area contributed by atoms with Crippen LogP contribution < -0.4 is 29.6 Å². The molecule has 0 amide bonds. The minimum atomic E-state index is 0. The van der Waals surface area contributed by atoms with Gasteiger partial charge in [0, 0.05) is 0 Å². The molecule has 0 aliphatic carbocycles. The molecule has 0 bridgehead atoms. The van der Waals surface area contributed by atoms with Crippen molar-refractivity contribution in [1.82, 2.24) is 0 Å². The molecule has 0 heterocycles. The predicted octanol–water partition coefficient (Wildman–Crippen LogP) is -4.08. The molecular formula is H4BNaO4. The maximum absolute atomic E-state index is 0. The van der Waals surface area contributed by atoms with Gasteiger partial charge in [-0.3, -0.25) is 0 Å². The maximum atomic E-state index is 0. The average molecular weight is 102 g/mol. The zero-order valence-corrected chi connectivity index (χ0v) is 5.37. The van der Waals surface area contributed by atoms with Crippen LogP contribution in [0.2, 0.25) is 0 Å². The fourth-order valence-electron chi connectivity index (χ4n) is 0. The third kappa shape index (κ3) is 91.3. The molecule has 0 unspecified atom stereocenters. The van der Waals surface area contributed by atoms with Crippen molar-refractivity contribution in [2.75, 3.05) is 0 Å². The molecular weight excluding hydrogens is 97.8 g/mol. The summed E-state index contributed by atoms with van der Waals surface area (Å²) < 4.78 is 0. The smallest absolute Gasteiger partial charge is 0.870 e. The molecule has 32 valence electrons. The Bertz CT molecular complexity index is 7.51. The summed E-state index contributed by atoms with van der Waals surface area (Å²) in [6, 6.07) is 0. The minimum absolute atomic E-state index is 0. The van der Waals surface area contributed by atoms with E-state index in [0.717, 1.165) is 0 Å². The van der Waals surface area contributed by atoms with Crippen LogP contribution in [0.25, 0.3) is 0 Å². The van der Waals surface area contributed by atoms with Crippen LogP contribution in [-0.4, -0.2) is 30.3 Å². The molecule has 0 aromatic heterocycles. The largest absolute Gasteiger partial charge is 3.00 e. The Morgan fingerprint density at radius 3 is 0.500 bits per heavy atom. The first kappa shape index (κ1) is 294. The van der Waals surface area contributed by atoms with Crippen molar-refractivity contribution in [3.05, 3.63) is 0 Å². The Kier molecular flexibility index (Phi) is 8500. The van der Waals surface area contributed by atoms with Crippen LogP contribution in [-0.2, 0) is 0 Å². The zero-order chi connectivity index (χ0) is 0. The van der Waals surface area contributed by atoms with E-state index in [0.29, 0.717) is 0 Å². The van der Waals surface area contributed by atoms with Crippen LogP contribution in [0.4, 0.5) is 0 Å². The van der Waals surface area contributed by atoms with Gasteiger partial charge >= 0.3 is 38.0 Å². The van der Waals surface area contributed by atoms with Crippen molar-refractivity contribution in [2.24, 2.45) is 0 Å². The molecule has 0 rings (SSSR count). The summed E-state index contributed by atoms with van der Waals surface area (Å²) in [7, 11) is 0. The molecule has 0 saturated heterocycles. The van der Waals surface area contributed by atoms with Crippen molar-refractivity contribution in [3.63, 3.8) is 0 Å². The first-order valence-electron chi connectivity index (χ1n) is 0. The number of hydrogen-bond donors (Lipinski definition) is 0. The van der Waals surface area contributed by atoms with E-state index < -0.39 is 0 Å². The Hall–Kier alpha value is 0.905. The number of hydrogen-bond acceptors (Lipinski definition) is 4. The van der Waals surface area contributed by atoms with Crippen molar-refractivity contribution in [3.8, 4) is 0 Å². The molecule has 6 heteroatoms. The van der Waals surface area contributed by atoms with Gasteiger partial charge in [0.2, 0.25) is 0 Å². The van der Waals surface area contributed by atoms with E-state index in [-0.39, 0.29) is 59.9 Å². The first-order chi connectivity index (χ1) is 0. The van der Waals surface area contributed by atoms with Gasteiger partial charge in [0.1, 0.15) is 0 Å². The minimum Gasteiger partial charge on any atom is -0.870 e. The fraction of sp³-hybridized carbons (Fsp3) is 0. The van der Waals surface area contributed by atoms with Gasteiger partial charge in [-0.1, -0.05) is 0 Å². The molecule has 0 aromatic rings. The van der Waals surface area contributed by atoms with Gasteiger partial charge in [-0.25, -0.2) is 0 Å². The Labute approximate surface area is 60.0 Å². The van der Waals surface area contributed by atoms with E-state index in [2.05, 4.69) is 0 Å². The molecule has 0 radical (unpaired) electrons. The second-order valence-corrected chi connectivity index (χ2v) is 0. The van der Waals surface area contributed by atoms with Gasteiger partial charge in [0.25, 0.3) is 0 Å². The summed E-state index contributed by atoms with van der Waals surface area (Å²) in [5.74, 6) is 0. The quantitative estimate of drug-likeness (QED) is 0.288. The Morgan fingerprint density at radius 2 is 0.500 bits per heavy atom. The summed E-state index contributed by atoms with van der Waals surface area (Å²) in [6.07, 6.45) is 0. The van der Waals surface area contributed by atoms with Crippen LogP contribution in [0.3, 0.4) is 0 Å². The van der Waals surface area contributed by atoms with Gasteiger partial charge in [-0.15, -0.1) is 0 Å². The van der Waals surface area contributed by atoms with E-state index >= 15 is 0 Å². The molecule has 0 aliphatic rings. The van der Waals surface area contributed by atoms with Crippen molar-refractivity contribution < 1.29 is 51.5 Å². The van der Waals surface area contributed by atoms with Crippen LogP contribution in [0.1, 0.15) is 0 Å². The molecule has 4 nitrogen and oxygen atoms in total. The van der Waals surface area contributed by atoms with Crippen molar-refractivity contribution >= 4 is 8.41 Å². The Balaban J connectivity index is 0. The Morgan fingerprint density at radius 1 is 0.500 bits per heavy atom. The molecule has 0 aromatic carbocycles. The van der Waals surface area contributed by atoms with Crippen LogP contribution >= 0.6 is 0 Å². The summed E-state index contributed by atoms with van der Waals surface area (Å²) >= 11 is 0. The van der Waals surface area contributed by atoms with E-state index in [1.165, 1.54) is 0 Å². The fourth-order valence-corrected chi connectivity index (χ4v) is 0. The molecule has 0 spiro atoms. The van der Waals surface area contributed by atoms with Gasteiger partial charge in [0.05, 0.1) is 0 Å². The van der Waals surface area contributed by atoms with Crippen molar-refractivity contribution in [1.29, 1.82) is 0 Å². The number of rotatable bonds is 0. The third-order valence-corrected chi connectivity index (χ3v) is 0. The zero-order valence-electron chi connectivity index (χ0n) is 3.37. The van der Waals surface area contributed by atoms with E-state index in [1.54, 1.807) is 0 Å². The summed E-state index contributed by atoms with van der Waals surface area (Å²) in [5.41, 5.74) is 0. The molecule has 0 fully saturated rings. The summed E-state index contributed by atoms with van der Waals surface area (Å²) in [6.45, 7) is 0. The van der Waals surface area contributed by atoms with E-state index in [4.69, 9.17) is 0 Å². The molecule has 0 atom stereocenters. The van der Waals surface area contributed by atoms with Gasteiger partial charge in [-0.05, 0) is 0 Å². The topological polar surface area (TPSA) is 120 Å². The van der Waals surface area contributed by atoms with Crippen LogP contribution in [0.5, 0.6) is 0 Å². The maximum Gasteiger partial charge on any atom is 3.00 e. The molecule has 4 N–H and O–H groups in total. The van der Waals surface area contributed by atoms with Gasteiger partial charge in [-0.2, -0.15) is 0 Å². The SMILES string of the molecule is [B+3].[Na+].[OH-].[OH-].[OH-].[OH-]. The second-order valence-electron chi connectivity index (χ2n) is 0. The van der Waals surface area contributed by atoms with E-state index in [9.17, 15) is 0 Å². The molecule has 0 saturated carbocycles. The summed E-state index contributed by atoms with van der Waals surface area (Å²) in [4.78, 5) is 0. The van der Waals surface area contributed by atoms with Gasteiger partial charge in [0.15, 0.2) is 0 Å². The third-order valence-electron chi connectivity index (χ3n) is 0. The van der Waals surface area contributed by atoms with Gasteiger partial charge < -0.3 is 21.9 Å². The molecule has 6 heavy (non-hydrogen) atoms. The second kappa shape index (κ2) is 173. The van der Waals surface area contributed by atoms with E-state index in [1.807, 2.05) is 0 Å². The van der Waals surface area contributed by atoms with Crippen LogP contribution in [0, 0.1) is 0 Å². The first-order valence-corrected chi connectivity index (χ1v) is 0. The monoisotopic (exact) mass is 102 g/mol.